The fourth-order valence-corrected chi connectivity index (χ4v) is 2.84. The molecule has 0 atom stereocenters. The van der Waals surface area contributed by atoms with E-state index in [1.54, 1.807) is 0 Å². The highest BCUT2D eigenvalue weighted by Gasteiger charge is 2.10. The predicted octanol–water partition coefficient (Wildman–Crippen LogP) is -0.911. The van der Waals surface area contributed by atoms with E-state index in [1.807, 2.05) is 4.90 Å². The first-order valence-corrected chi connectivity index (χ1v) is 10.3. The number of nitrogens with one attached hydrogen (secondary N) is 1. The topological polar surface area (TPSA) is 124 Å². The van der Waals surface area contributed by atoms with Crippen LogP contribution in [0.3, 0.4) is 0 Å². The van der Waals surface area contributed by atoms with Crippen LogP contribution in [0.5, 0.6) is 0 Å². The van der Waals surface area contributed by atoms with Gasteiger partial charge in [-0.1, -0.05) is 22.6 Å². The van der Waals surface area contributed by atoms with Gasteiger partial charge in [-0.05, 0) is 0 Å². The van der Waals surface area contributed by atoms with Crippen LogP contribution in [0, 0.1) is 0 Å². The van der Waals surface area contributed by atoms with Crippen LogP contribution in [0.2, 0.25) is 0 Å². The molecule has 0 fully saturated rings. The molecule has 11 heteroatoms. The molecular formula is C8H19IN2O6S2. The molecule has 0 radical (unpaired) electrons. The summed E-state index contributed by atoms with van der Waals surface area (Å²) in [5.41, 5.74) is 0. The minimum atomic E-state index is -3.97. The lowest BCUT2D eigenvalue weighted by molar-refractivity contribution is 0.305. The van der Waals surface area contributed by atoms with Crippen LogP contribution in [0.15, 0.2) is 0 Å². The first-order valence-electron chi connectivity index (χ1n) is 5.53. The summed E-state index contributed by atoms with van der Waals surface area (Å²) in [7, 11) is -7.92. The van der Waals surface area contributed by atoms with E-state index in [-0.39, 0.29) is 24.6 Å². The number of nitrogens with zero attached hydrogens (tertiary/aromatic N) is 1. The average molecular weight is 430 g/mol. The normalized spacial score (nSPS) is 13.1. The fourth-order valence-electron chi connectivity index (χ4n) is 1.26. The van der Waals surface area contributed by atoms with Crippen LogP contribution in [0.4, 0.5) is 0 Å². The number of hydrogen-bond donors (Lipinski definition) is 3. The van der Waals surface area contributed by atoms with Crippen LogP contribution < -0.4 is 5.32 Å². The molecule has 0 saturated carbocycles. The molecule has 0 unspecified atom stereocenters. The van der Waals surface area contributed by atoms with Gasteiger partial charge in [0, 0.05) is 37.2 Å². The van der Waals surface area contributed by atoms with Crippen LogP contribution in [0.1, 0.15) is 0 Å². The molecule has 0 aromatic rings. The van der Waals surface area contributed by atoms with Gasteiger partial charge < -0.3 is 10.2 Å². The Labute approximate surface area is 127 Å². The Morgan fingerprint density at radius 3 is 1.95 bits per heavy atom. The van der Waals surface area contributed by atoms with E-state index in [0.717, 1.165) is 4.43 Å². The molecule has 116 valence electrons. The summed E-state index contributed by atoms with van der Waals surface area (Å²) >= 11 is 2.16. The highest BCUT2D eigenvalue weighted by molar-refractivity contribution is 14.1. The van der Waals surface area contributed by atoms with Gasteiger partial charge in [0.25, 0.3) is 20.2 Å². The monoisotopic (exact) mass is 430 g/mol. The van der Waals surface area contributed by atoms with E-state index in [0.29, 0.717) is 19.6 Å². The summed E-state index contributed by atoms with van der Waals surface area (Å²) in [4.78, 5) is 1.85. The SMILES string of the molecule is O=S(=O)(O)CCNCCN(CCI)CCS(=O)(=O)O. The van der Waals surface area contributed by atoms with E-state index in [1.165, 1.54) is 0 Å². The maximum atomic E-state index is 10.6. The van der Waals surface area contributed by atoms with Gasteiger partial charge in [0.1, 0.15) is 0 Å². The maximum Gasteiger partial charge on any atom is 0.266 e. The van der Waals surface area contributed by atoms with Gasteiger partial charge in [-0.25, -0.2) is 0 Å². The predicted molar refractivity (Wildman–Crippen MR) is 81.0 cm³/mol. The first kappa shape index (κ1) is 19.5. The first-order chi connectivity index (χ1) is 8.64. The minimum absolute atomic E-state index is 0.134. The molecule has 0 bridgehead atoms. The minimum Gasteiger partial charge on any atom is -0.314 e. The lowest BCUT2D eigenvalue weighted by atomic mass is 10.4. The van der Waals surface area contributed by atoms with Crippen molar-refractivity contribution in [3.8, 4) is 0 Å². The molecule has 0 heterocycles. The molecule has 0 aromatic heterocycles. The summed E-state index contributed by atoms with van der Waals surface area (Å²) in [5.74, 6) is -0.682. The lowest BCUT2D eigenvalue weighted by Gasteiger charge is -2.20. The highest BCUT2D eigenvalue weighted by atomic mass is 127. The molecule has 3 N–H and O–H groups in total. The van der Waals surface area contributed by atoms with Crippen LogP contribution >= 0.6 is 22.6 Å². The van der Waals surface area contributed by atoms with Crippen LogP contribution in [-0.2, 0) is 20.2 Å². The van der Waals surface area contributed by atoms with E-state index in [9.17, 15) is 16.8 Å². The Kier molecular flexibility index (Phi) is 9.65. The quantitative estimate of drug-likeness (QED) is 0.167. The Balaban J connectivity index is 3.88. The van der Waals surface area contributed by atoms with Crippen molar-refractivity contribution in [3.05, 3.63) is 0 Å². The van der Waals surface area contributed by atoms with Crippen molar-refractivity contribution >= 4 is 42.8 Å². The molecule has 0 amide bonds. The van der Waals surface area contributed by atoms with Crippen molar-refractivity contribution in [3.63, 3.8) is 0 Å². The molecule has 0 aliphatic heterocycles. The van der Waals surface area contributed by atoms with Crippen molar-refractivity contribution < 1.29 is 25.9 Å². The summed E-state index contributed by atoms with van der Waals surface area (Å²) in [6.45, 7) is 2.04. The number of halogens is 1. The molecule has 8 nitrogen and oxygen atoms in total. The van der Waals surface area contributed by atoms with Gasteiger partial charge in [-0.15, -0.1) is 0 Å². The second kappa shape index (κ2) is 9.41. The van der Waals surface area contributed by atoms with Gasteiger partial charge in [0.05, 0.1) is 11.5 Å². The third kappa shape index (κ3) is 14.7. The largest absolute Gasteiger partial charge is 0.314 e. The van der Waals surface area contributed by atoms with Crippen molar-refractivity contribution in [1.82, 2.24) is 10.2 Å². The summed E-state index contributed by atoms with van der Waals surface area (Å²) in [5, 5.41) is 2.83. The molecule has 0 aromatic carbocycles. The molecule has 0 spiro atoms. The zero-order chi connectivity index (χ0) is 14.9. The summed E-state index contributed by atoms with van der Waals surface area (Å²) in [6.07, 6.45) is 0. The average Bonchev–Trinajstić information content (AvgIpc) is 2.22. The third-order valence-corrected chi connectivity index (χ3v) is 4.11. The second-order valence-electron chi connectivity index (χ2n) is 3.85. The molecular weight excluding hydrogens is 411 g/mol. The Morgan fingerprint density at radius 1 is 0.895 bits per heavy atom. The summed E-state index contributed by atoms with van der Waals surface area (Å²) in [6, 6.07) is 0. The Hall–Kier alpha value is 0.470. The Morgan fingerprint density at radius 2 is 1.47 bits per heavy atom. The van der Waals surface area contributed by atoms with Gasteiger partial charge in [0.2, 0.25) is 0 Å². The van der Waals surface area contributed by atoms with Crippen molar-refractivity contribution in [2.75, 3.05) is 48.7 Å². The zero-order valence-electron chi connectivity index (χ0n) is 10.3. The summed E-state index contributed by atoms with van der Waals surface area (Å²) < 4.78 is 60.2. The van der Waals surface area contributed by atoms with Crippen molar-refractivity contribution in [2.24, 2.45) is 0 Å². The third-order valence-electron chi connectivity index (χ3n) is 2.21. The van der Waals surface area contributed by atoms with Gasteiger partial charge in [-0.2, -0.15) is 16.8 Å². The van der Waals surface area contributed by atoms with Crippen molar-refractivity contribution in [2.45, 2.75) is 0 Å². The molecule has 0 aliphatic rings. The zero-order valence-corrected chi connectivity index (χ0v) is 14.1. The number of hydrogen-bond acceptors (Lipinski definition) is 6. The number of rotatable bonds is 11. The maximum absolute atomic E-state index is 10.6. The van der Waals surface area contributed by atoms with E-state index < -0.39 is 20.2 Å². The van der Waals surface area contributed by atoms with Gasteiger partial charge in [-0.3, -0.25) is 9.11 Å². The van der Waals surface area contributed by atoms with E-state index >= 15 is 0 Å². The number of alkyl halides is 1. The van der Waals surface area contributed by atoms with E-state index in [2.05, 4.69) is 27.9 Å². The fraction of sp³-hybridized carbons (Fsp3) is 1.00. The Bertz CT molecular complexity index is 438. The molecule has 0 aliphatic carbocycles. The molecule has 19 heavy (non-hydrogen) atoms. The van der Waals surface area contributed by atoms with Crippen LogP contribution in [0.25, 0.3) is 0 Å². The molecule has 0 rings (SSSR count). The highest BCUT2D eigenvalue weighted by Crippen LogP contribution is 1.93. The lowest BCUT2D eigenvalue weighted by Crippen LogP contribution is -2.37. The van der Waals surface area contributed by atoms with Gasteiger partial charge in [0.15, 0.2) is 0 Å². The molecule has 0 saturated heterocycles. The second-order valence-corrected chi connectivity index (χ2v) is 8.08. The standard InChI is InChI=1S/C8H19IN2O6S2/c9-1-4-11(6-8-19(15,16)17)5-2-10-3-7-18(12,13)14/h10H,1-8H2,(H,12,13,14)(H,15,16,17). The van der Waals surface area contributed by atoms with E-state index in [4.69, 9.17) is 9.11 Å². The smallest absolute Gasteiger partial charge is 0.266 e. The van der Waals surface area contributed by atoms with Crippen LogP contribution in [-0.4, -0.2) is 79.5 Å². The van der Waals surface area contributed by atoms with Gasteiger partial charge >= 0.3 is 0 Å². The van der Waals surface area contributed by atoms with Crippen molar-refractivity contribution in [1.29, 1.82) is 0 Å².